The normalized spacial score (nSPS) is 20.6. The lowest BCUT2D eigenvalue weighted by atomic mass is 9.71. The van der Waals surface area contributed by atoms with Crippen molar-refractivity contribution >= 4 is 21.9 Å². The quantitative estimate of drug-likeness (QED) is 0.257. The zero-order valence-corrected chi connectivity index (χ0v) is 21.0. The van der Waals surface area contributed by atoms with E-state index in [1.165, 1.54) is 6.20 Å². The molecule has 2 heteroatoms. The van der Waals surface area contributed by atoms with E-state index in [0.717, 1.165) is 34.8 Å². The Morgan fingerprint density at radius 3 is 2.50 bits per heavy atom. The molecular formula is C34H35NO. The molecule has 36 heavy (non-hydrogen) atoms. The van der Waals surface area contributed by atoms with Gasteiger partial charge >= 0.3 is 0 Å². The van der Waals surface area contributed by atoms with E-state index in [4.69, 9.17) is 12.6 Å². The summed E-state index contributed by atoms with van der Waals surface area (Å²) in [7, 11) is 0. The predicted molar refractivity (Wildman–Crippen MR) is 152 cm³/mol. The molecule has 0 saturated heterocycles. The van der Waals surface area contributed by atoms with Crippen LogP contribution in [0.1, 0.15) is 77.3 Å². The second-order valence-corrected chi connectivity index (χ2v) is 10.9. The van der Waals surface area contributed by atoms with Crippen LogP contribution in [0.25, 0.3) is 44.3 Å². The topological polar surface area (TPSA) is 26.0 Å². The van der Waals surface area contributed by atoms with Crippen molar-refractivity contribution in [2.45, 2.75) is 66.1 Å². The number of furan rings is 1. The van der Waals surface area contributed by atoms with Crippen molar-refractivity contribution in [3.63, 3.8) is 0 Å². The summed E-state index contributed by atoms with van der Waals surface area (Å²) in [5, 5.41) is 1.94. The summed E-state index contributed by atoms with van der Waals surface area (Å²) in [6.45, 7) is 1.38. The van der Waals surface area contributed by atoms with Crippen molar-refractivity contribution in [2.24, 2.45) is 5.41 Å². The van der Waals surface area contributed by atoms with E-state index in [1.807, 2.05) is 49.4 Å². The van der Waals surface area contributed by atoms with Gasteiger partial charge in [0.25, 0.3) is 0 Å². The summed E-state index contributed by atoms with van der Waals surface area (Å²) in [4.78, 5) is 4.56. The second kappa shape index (κ2) is 8.62. The fourth-order valence-electron chi connectivity index (χ4n) is 5.57. The van der Waals surface area contributed by atoms with E-state index in [0.29, 0.717) is 40.8 Å². The van der Waals surface area contributed by atoms with Gasteiger partial charge in [-0.2, -0.15) is 0 Å². The number of hydrogen-bond donors (Lipinski definition) is 0. The summed E-state index contributed by atoms with van der Waals surface area (Å²) in [6.07, 6.45) is 4.37. The van der Waals surface area contributed by atoms with Crippen molar-refractivity contribution in [1.82, 2.24) is 4.98 Å². The molecule has 2 nitrogen and oxygen atoms in total. The maximum absolute atomic E-state index is 9.25. The number of hydrogen-bond acceptors (Lipinski definition) is 2. The van der Waals surface area contributed by atoms with Gasteiger partial charge in [-0.25, -0.2) is 0 Å². The lowest BCUT2D eigenvalue weighted by molar-refractivity contribution is 0.224. The number of benzene rings is 3. The largest absolute Gasteiger partial charge is 0.455 e. The first-order chi connectivity index (χ1) is 20.1. The smallest absolute Gasteiger partial charge is 0.144 e. The first-order valence-corrected chi connectivity index (χ1v) is 12.6. The fourth-order valence-corrected chi connectivity index (χ4v) is 5.57. The molecule has 0 amide bonds. The Morgan fingerprint density at radius 2 is 1.69 bits per heavy atom. The van der Waals surface area contributed by atoms with Gasteiger partial charge in [0.15, 0.2) is 0 Å². The molecule has 5 aromatic rings. The van der Waals surface area contributed by atoms with E-state index in [-0.39, 0.29) is 22.1 Å². The van der Waals surface area contributed by atoms with Crippen molar-refractivity contribution in [3.05, 3.63) is 89.1 Å². The Kier molecular flexibility index (Phi) is 3.92. The monoisotopic (exact) mass is 480 g/mol. The standard InChI is InChI=1S/C34H35NO/c1-21-8-6-11-31-32(21)28-10-7-9-27(33(28)36-31)30-19-29(23(3)20-35-30)26-13-12-25(18-22(26)2)24-14-16-34(4,5)17-15-24/h6-13,18-20,24H,14-17H2,1-5H3/i2D3,3D3,24D. The molecule has 1 fully saturated rings. The molecular weight excluding hydrogens is 438 g/mol. The highest BCUT2D eigenvalue weighted by atomic mass is 16.3. The number of rotatable bonds is 3. The van der Waals surface area contributed by atoms with Crippen LogP contribution in [0.2, 0.25) is 0 Å². The highest BCUT2D eigenvalue weighted by molar-refractivity contribution is 6.10. The van der Waals surface area contributed by atoms with Gasteiger partial charge in [0, 0.05) is 32.1 Å². The summed E-state index contributed by atoms with van der Waals surface area (Å²) in [5.41, 5.74) is 5.06. The van der Waals surface area contributed by atoms with Gasteiger partial charge in [0.1, 0.15) is 11.2 Å². The van der Waals surface area contributed by atoms with Crippen molar-refractivity contribution in [2.75, 3.05) is 0 Å². The predicted octanol–water partition coefficient (Wildman–Crippen LogP) is 9.92. The lowest BCUT2D eigenvalue weighted by Gasteiger charge is -2.34. The van der Waals surface area contributed by atoms with Gasteiger partial charge in [0.2, 0.25) is 0 Å². The number of nitrogens with zero attached hydrogens (tertiary/aromatic N) is 1. The Morgan fingerprint density at radius 1 is 0.889 bits per heavy atom. The number of fused-ring (bicyclic) bond motifs is 3. The van der Waals surface area contributed by atoms with Gasteiger partial charge < -0.3 is 4.42 Å². The molecule has 6 rings (SSSR count). The molecule has 2 heterocycles. The zero-order valence-electron chi connectivity index (χ0n) is 28.0. The molecule has 1 saturated carbocycles. The van der Waals surface area contributed by atoms with E-state index < -0.39 is 19.6 Å². The average molecular weight is 481 g/mol. The molecule has 0 N–H and O–H groups in total. The summed E-state index contributed by atoms with van der Waals surface area (Å²) >= 11 is 0. The van der Waals surface area contributed by atoms with Crippen LogP contribution >= 0.6 is 0 Å². The summed E-state index contributed by atoms with van der Waals surface area (Å²) < 4.78 is 65.6. The Hall–Kier alpha value is -3.39. The number of aromatic nitrogens is 1. The van der Waals surface area contributed by atoms with E-state index >= 15 is 0 Å². The Labute approximate surface area is 224 Å². The third kappa shape index (κ3) is 3.93. The molecule has 0 radical (unpaired) electrons. The van der Waals surface area contributed by atoms with Crippen molar-refractivity contribution in [1.29, 1.82) is 0 Å². The summed E-state index contributed by atoms with van der Waals surface area (Å²) in [5.74, 6) is -0.890. The fraction of sp³-hybridized carbons (Fsp3) is 0.324. The molecule has 0 atom stereocenters. The van der Waals surface area contributed by atoms with Crippen LogP contribution in [0.3, 0.4) is 0 Å². The van der Waals surface area contributed by atoms with Crippen LogP contribution in [0.5, 0.6) is 0 Å². The maximum Gasteiger partial charge on any atom is 0.144 e. The molecule has 0 aliphatic heterocycles. The highest BCUT2D eigenvalue weighted by Gasteiger charge is 2.27. The second-order valence-electron chi connectivity index (χ2n) is 10.9. The van der Waals surface area contributed by atoms with Gasteiger partial charge in [-0.1, -0.05) is 56.3 Å². The van der Waals surface area contributed by atoms with Gasteiger partial charge in [0.05, 0.1) is 5.69 Å². The molecule has 0 bridgehead atoms. The zero-order chi connectivity index (χ0) is 30.9. The first-order valence-electron chi connectivity index (χ1n) is 16.1. The molecule has 1 aliphatic carbocycles. The molecule has 1 aliphatic rings. The van der Waals surface area contributed by atoms with E-state index in [1.54, 1.807) is 18.2 Å². The number of aryl methyl sites for hydroxylation is 3. The van der Waals surface area contributed by atoms with Crippen LogP contribution in [-0.4, -0.2) is 4.98 Å². The first kappa shape index (κ1) is 16.4. The lowest BCUT2D eigenvalue weighted by Crippen LogP contribution is -2.20. The summed E-state index contributed by atoms with van der Waals surface area (Å²) in [6, 6.07) is 18.4. The van der Waals surface area contributed by atoms with Crippen LogP contribution < -0.4 is 0 Å². The maximum atomic E-state index is 9.25. The Bertz CT molecular complexity index is 1850. The minimum atomic E-state index is -2.53. The minimum Gasteiger partial charge on any atom is -0.455 e. The van der Waals surface area contributed by atoms with Gasteiger partial charge in [-0.3, -0.25) is 4.98 Å². The number of pyridine rings is 1. The minimum absolute atomic E-state index is 0.0258. The van der Waals surface area contributed by atoms with Crippen LogP contribution in [0, 0.1) is 26.0 Å². The van der Waals surface area contributed by atoms with Gasteiger partial charge in [-0.15, -0.1) is 0 Å². The van der Waals surface area contributed by atoms with Crippen molar-refractivity contribution < 1.29 is 14.0 Å². The molecule has 2 aromatic heterocycles. The van der Waals surface area contributed by atoms with Crippen molar-refractivity contribution in [3.8, 4) is 22.4 Å². The molecule has 0 spiro atoms. The van der Waals surface area contributed by atoms with Crippen LogP contribution in [-0.2, 0) is 0 Å². The van der Waals surface area contributed by atoms with E-state index in [2.05, 4.69) is 18.8 Å². The average Bonchev–Trinajstić information content (AvgIpc) is 3.33. The molecule has 182 valence electrons. The SMILES string of the molecule is [2H]C([2H])([2H])c1cnc(-c2cccc3c2oc2cccc(C)c23)cc1-c1ccc(C2([2H])CCC(C)(C)CC2)cc1C([2H])([2H])[2H]. The van der Waals surface area contributed by atoms with Crippen LogP contribution in [0.4, 0.5) is 0 Å². The van der Waals surface area contributed by atoms with Gasteiger partial charge in [-0.05, 0) is 109 Å². The highest BCUT2D eigenvalue weighted by Crippen LogP contribution is 2.43. The molecule has 0 unspecified atom stereocenters. The number of para-hydroxylation sites is 1. The third-order valence-electron chi connectivity index (χ3n) is 7.84. The Balaban J connectivity index is 1.55. The third-order valence-corrected chi connectivity index (χ3v) is 7.84. The van der Waals surface area contributed by atoms with Crippen LogP contribution in [0.15, 0.2) is 71.3 Å². The molecule has 3 aromatic carbocycles. The van der Waals surface area contributed by atoms with E-state index in [9.17, 15) is 1.37 Å².